The van der Waals surface area contributed by atoms with Crippen LogP contribution in [0.5, 0.6) is 0 Å². The number of carbonyl (C=O) groups excluding carboxylic acids is 1. The third-order valence-corrected chi connectivity index (χ3v) is 5.32. The van der Waals surface area contributed by atoms with Crippen molar-refractivity contribution in [1.82, 2.24) is 20.2 Å². The standard InChI is InChI=1S/C18H23N5O2/c1-2-13(18(17(19)25)8-4-3-5-9-18)14-16(24)21-15(23-22-14)12-6-10-20-11-7-12/h6-7,10-11,13H,2-5,8-9H2,1H3,(H2,19,25)(H,21,23,24). The number of rotatable bonds is 5. The molecule has 0 bridgehead atoms. The molecule has 7 nitrogen and oxygen atoms in total. The van der Waals surface area contributed by atoms with E-state index in [1.807, 2.05) is 6.92 Å². The minimum atomic E-state index is -0.702. The highest BCUT2D eigenvalue weighted by Gasteiger charge is 2.46. The number of primary amides is 1. The smallest absolute Gasteiger partial charge is 0.273 e. The molecule has 1 amide bonds. The summed E-state index contributed by atoms with van der Waals surface area (Å²) in [4.78, 5) is 31.7. The molecule has 1 unspecified atom stereocenters. The molecule has 0 aromatic carbocycles. The molecule has 2 heterocycles. The van der Waals surface area contributed by atoms with Crippen molar-refractivity contribution in [1.29, 1.82) is 0 Å². The first kappa shape index (κ1) is 17.3. The van der Waals surface area contributed by atoms with Gasteiger partial charge in [0.1, 0.15) is 5.69 Å². The van der Waals surface area contributed by atoms with Crippen LogP contribution in [0, 0.1) is 5.41 Å². The molecule has 1 aliphatic carbocycles. The zero-order chi connectivity index (χ0) is 17.9. The zero-order valence-corrected chi connectivity index (χ0v) is 14.4. The molecule has 3 rings (SSSR count). The summed E-state index contributed by atoms with van der Waals surface area (Å²) in [5.41, 5.74) is 5.82. The fourth-order valence-electron chi connectivity index (χ4n) is 4.01. The van der Waals surface area contributed by atoms with Crippen LogP contribution in [-0.4, -0.2) is 26.1 Å². The molecule has 0 radical (unpaired) electrons. The van der Waals surface area contributed by atoms with E-state index in [-0.39, 0.29) is 17.4 Å². The number of aromatic amines is 1. The number of nitrogens with one attached hydrogen (secondary N) is 1. The van der Waals surface area contributed by atoms with Gasteiger partial charge in [-0.05, 0) is 31.4 Å². The summed E-state index contributed by atoms with van der Waals surface area (Å²) < 4.78 is 0. The number of hydrogen-bond donors (Lipinski definition) is 2. The first-order valence-electron chi connectivity index (χ1n) is 8.75. The molecule has 3 N–H and O–H groups in total. The number of amides is 1. The quantitative estimate of drug-likeness (QED) is 0.865. The van der Waals surface area contributed by atoms with Gasteiger partial charge in [0.15, 0.2) is 5.82 Å². The number of H-pyrrole nitrogens is 1. The molecule has 0 aliphatic heterocycles. The maximum atomic E-state index is 12.7. The number of nitrogens with two attached hydrogens (primary N) is 1. The lowest BCUT2D eigenvalue weighted by Crippen LogP contribution is -2.45. The van der Waals surface area contributed by atoms with E-state index in [9.17, 15) is 9.59 Å². The van der Waals surface area contributed by atoms with Gasteiger partial charge in [0.05, 0.1) is 5.41 Å². The molecule has 1 aliphatic rings. The van der Waals surface area contributed by atoms with Crippen LogP contribution >= 0.6 is 0 Å². The van der Waals surface area contributed by atoms with E-state index < -0.39 is 5.41 Å². The molecule has 1 fully saturated rings. The van der Waals surface area contributed by atoms with E-state index in [4.69, 9.17) is 5.73 Å². The van der Waals surface area contributed by atoms with Gasteiger partial charge in [-0.25, -0.2) is 0 Å². The van der Waals surface area contributed by atoms with Crippen LogP contribution in [0.4, 0.5) is 0 Å². The summed E-state index contributed by atoms with van der Waals surface area (Å²) in [5, 5.41) is 8.38. The Bertz CT molecular complexity index is 797. The summed E-state index contributed by atoms with van der Waals surface area (Å²) in [6.45, 7) is 1.96. The Morgan fingerprint density at radius 1 is 1.24 bits per heavy atom. The van der Waals surface area contributed by atoms with E-state index in [0.717, 1.165) is 24.8 Å². The summed E-state index contributed by atoms with van der Waals surface area (Å²) in [6, 6.07) is 3.51. The second-order valence-corrected chi connectivity index (χ2v) is 6.67. The molecule has 0 spiro atoms. The lowest BCUT2D eigenvalue weighted by molar-refractivity contribution is -0.131. The van der Waals surface area contributed by atoms with Crippen LogP contribution in [0.2, 0.25) is 0 Å². The van der Waals surface area contributed by atoms with E-state index in [1.165, 1.54) is 0 Å². The van der Waals surface area contributed by atoms with E-state index in [0.29, 0.717) is 30.8 Å². The predicted molar refractivity (Wildman–Crippen MR) is 93.6 cm³/mol. The van der Waals surface area contributed by atoms with Crippen molar-refractivity contribution in [2.45, 2.75) is 51.4 Å². The normalized spacial score (nSPS) is 17.8. The van der Waals surface area contributed by atoms with Gasteiger partial charge in [-0.15, -0.1) is 10.2 Å². The Hall–Kier alpha value is -2.57. The lowest BCUT2D eigenvalue weighted by atomic mass is 9.63. The first-order chi connectivity index (χ1) is 12.1. The Labute approximate surface area is 146 Å². The van der Waals surface area contributed by atoms with Crippen LogP contribution in [0.15, 0.2) is 29.3 Å². The van der Waals surface area contributed by atoms with Crippen LogP contribution in [0.1, 0.15) is 57.1 Å². The molecule has 0 saturated heterocycles. The van der Waals surface area contributed by atoms with Crippen molar-refractivity contribution in [3.63, 3.8) is 0 Å². The second-order valence-electron chi connectivity index (χ2n) is 6.67. The summed E-state index contributed by atoms with van der Waals surface area (Å²) in [7, 11) is 0. The van der Waals surface area contributed by atoms with Gasteiger partial charge in [0, 0.05) is 23.9 Å². The van der Waals surface area contributed by atoms with Crippen molar-refractivity contribution >= 4 is 5.91 Å². The minimum Gasteiger partial charge on any atom is -0.369 e. The Morgan fingerprint density at radius 2 is 1.92 bits per heavy atom. The highest BCUT2D eigenvalue weighted by Crippen LogP contribution is 2.47. The minimum absolute atomic E-state index is 0.306. The van der Waals surface area contributed by atoms with Gasteiger partial charge in [0.2, 0.25) is 5.91 Å². The monoisotopic (exact) mass is 341 g/mol. The van der Waals surface area contributed by atoms with Gasteiger partial charge in [-0.3, -0.25) is 14.6 Å². The van der Waals surface area contributed by atoms with Gasteiger partial charge < -0.3 is 10.7 Å². The van der Waals surface area contributed by atoms with Crippen molar-refractivity contribution in [3.05, 3.63) is 40.6 Å². The SMILES string of the molecule is CCC(c1nnc(-c2ccncc2)[nH]c1=O)C1(C(N)=O)CCCCC1. The molecule has 1 atom stereocenters. The molecular formula is C18H23N5O2. The van der Waals surface area contributed by atoms with Gasteiger partial charge in [-0.2, -0.15) is 0 Å². The van der Waals surface area contributed by atoms with Crippen molar-refractivity contribution < 1.29 is 4.79 Å². The third-order valence-electron chi connectivity index (χ3n) is 5.32. The Kier molecular flexibility index (Phi) is 4.92. The number of carbonyl (C=O) groups is 1. The number of hydrogen-bond acceptors (Lipinski definition) is 5. The fourth-order valence-corrected chi connectivity index (χ4v) is 4.01. The van der Waals surface area contributed by atoms with Crippen molar-refractivity contribution in [2.75, 3.05) is 0 Å². The Morgan fingerprint density at radius 3 is 2.48 bits per heavy atom. The maximum absolute atomic E-state index is 12.7. The van der Waals surface area contributed by atoms with Crippen molar-refractivity contribution in [2.24, 2.45) is 11.1 Å². The first-order valence-corrected chi connectivity index (χ1v) is 8.75. The second kappa shape index (κ2) is 7.13. The lowest BCUT2D eigenvalue weighted by Gasteiger charge is -2.40. The average Bonchev–Trinajstić information content (AvgIpc) is 2.65. The highest BCUT2D eigenvalue weighted by molar-refractivity contribution is 5.82. The van der Waals surface area contributed by atoms with Gasteiger partial charge in [0.25, 0.3) is 5.56 Å². The molecule has 2 aromatic rings. The van der Waals surface area contributed by atoms with Crippen LogP contribution in [0.3, 0.4) is 0 Å². The van der Waals surface area contributed by atoms with E-state index in [1.54, 1.807) is 24.5 Å². The number of aromatic nitrogens is 4. The predicted octanol–water partition coefficient (Wildman–Crippen LogP) is 2.16. The summed E-state index contributed by atoms with van der Waals surface area (Å²) in [6.07, 6.45) is 8.26. The molecule has 2 aromatic heterocycles. The van der Waals surface area contributed by atoms with E-state index in [2.05, 4.69) is 20.2 Å². The Balaban J connectivity index is 2.01. The molecule has 25 heavy (non-hydrogen) atoms. The highest BCUT2D eigenvalue weighted by atomic mass is 16.1. The molecule has 1 saturated carbocycles. The van der Waals surface area contributed by atoms with Crippen molar-refractivity contribution in [3.8, 4) is 11.4 Å². The molecular weight excluding hydrogens is 318 g/mol. The number of pyridine rings is 1. The molecule has 7 heteroatoms. The largest absolute Gasteiger partial charge is 0.369 e. The maximum Gasteiger partial charge on any atom is 0.273 e. The van der Waals surface area contributed by atoms with Crippen LogP contribution < -0.4 is 11.3 Å². The summed E-state index contributed by atoms with van der Waals surface area (Å²) >= 11 is 0. The van der Waals surface area contributed by atoms with Gasteiger partial charge >= 0.3 is 0 Å². The van der Waals surface area contributed by atoms with Crippen LogP contribution in [-0.2, 0) is 4.79 Å². The van der Waals surface area contributed by atoms with E-state index >= 15 is 0 Å². The van der Waals surface area contributed by atoms with Gasteiger partial charge in [-0.1, -0.05) is 26.2 Å². The third kappa shape index (κ3) is 3.18. The fraction of sp³-hybridized carbons (Fsp3) is 0.500. The molecule has 132 valence electrons. The number of nitrogens with zero attached hydrogens (tertiary/aromatic N) is 3. The van der Waals surface area contributed by atoms with Crippen LogP contribution in [0.25, 0.3) is 11.4 Å². The summed E-state index contributed by atoms with van der Waals surface area (Å²) in [5.74, 6) is -0.255. The average molecular weight is 341 g/mol. The topological polar surface area (TPSA) is 115 Å². The zero-order valence-electron chi connectivity index (χ0n) is 14.4.